The number of phenols is 1. The number of para-hydroxylation sites is 1. The molecule has 3 rings (SSSR count). The first-order valence-electron chi connectivity index (χ1n) is 6.32. The van der Waals surface area contributed by atoms with Gasteiger partial charge in [-0.05, 0) is 36.8 Å². The minimum Gasteiger partial charge on any atom is -0.507 e. The van der Waals surface area contributed by atoms with Gasteiger partial charge in [-0.1, -0.05) is 18.2 Å². The molecule has 0 aliphatic carbocycles. The SMILES string of the molecule is Cc1cccc(CNc2ccc3[nH]ccc3c2)c1O. The van der Waals surface area contributed by atoms with E-state index in [2.05, 4.69) is 16.4 Å². The van der Waals surface area contributed by atoms with E-state index >= 15 is 0 Å². The van der Waals surface area contributed by atoms with E-state index in [-0.39, 0.29) is 0 Å². The van der Waals surface area contributed by atoms with Crippen molar-refractivity contribution in [2.24, 2.45) is 0 Å². The number of nitrogens with one attached hydrogen (secondary N) is 2. The van der Waals surface area contributed by atoms with Gasteiger partial charge in [0, 0.05) is 34.9 Å². The standard InChI is InChI=1S/C16H16N2O/c1-11-3-2-4-13(16(11)19)10-18-14-5-6-15-12(9-14)7-8-17-15/h2-9,17-19H,10H2,1H3. The molecule has 3 heteroatoms. The van der Waals surface area contributed by atoms with Crippen molar-refractivity contribution >= 4 is 16.6 Å². The Morgan fingerprint density at radius 3 is 2.95 bits per heavy atom. The van der Waals surface area contributed by atoms with Crippen LogP contribution in [0, 0.1) is 6.92 Å². The predicted octanol–water partition coefficient (Wildman–Crippen LogP) is 3.79. The Morgan fingerprint density at radius 2 is 2.05 bits per heavy atom. The van der Waals surface area contributed by atoms with E-state index in [0.29, 0.717) is 12.3 Å². The minimum absolute atomic E-state index is 0.373. The maximum absolute atomic E-state index is 9.97. The van der Waals surface area contributed by atoms with Crippen molar-refractivity contribution in [2.45, 2.75) is 13.5 Å². The van der Waals surface area contributed by atoms with Crippen molar-refractivity contribution in [2.75, 3.05) is 5.32 Å². The molecule has 1 aromatic heterocycles. The van der Waals surface area contributed by atoms with Gasteiger partial charge in [-0.3, -0.25) is 0 Å². The minimum atomic E-state index is 0.373. The van der Waals surface area contributed by atoms with Crippen LogP contribution in [0.1, 0.15) is 11.1 Å². The molecule has 3 aromatic rings. The average molecular weight is 252 g/mol. The van der Waals surface area contributed by atoms with Crippen molar-refractivity contribution in [1.29, 1.82) is 0 Å². The lowest BCUT2D eigenvalue weighted by Crippen LogP contribution is -2.00. The first-order chi connectivity index (χ1) is 9.24. The van der Waals surface area contributed by atoms with Crippen LogP contribution < -0.4 is 5.32 Å². The second kappa shape index (κ2) is 4.69. The number of fused-ring (bicyclic) bond motifs is 1. The van der Waals surface area contributed by atoms with Gasteiger partial charge in [0.25, 0.3) is 0 Å². The van der Waals surface area contributed by atoms with Crippen LogP contribution in [0.2, 0.25) is 0 Å². The fourth-order valence-corrected chi connectivity index (χ4v) is 2.22. The fraction of sp³-hybridized carbons (Fsp3) is 0.125. The molecule has 0 radical (unpaired) electrons. The Kier molecular flexibility index (Phi) is 2.88. The Morgan fingerprint density at radius 1 is 1.16 bits per heavy atom. The van der Waals surface area contributed by atoms with Gasteiger partial charge in [-0.2, -0.15) is 0 Å². The predicted molar refractivity (Wildman–Crippen MR) is 78.5 cm³/mol. The number of aryl methyl sites for hydroxylation is 1. The highest BCUT2D eigenvalue weighted by atomic mass is 16.3. The van der Waals surface area contributed by atoms with E-state index in [0.717, 1.165) is 22.3 Å². The topological polar surface area (TPSA) is 48.0 Å². The number of rotatable bonds is 3. The maximum atomic E-state index is 9.97. The van der Waals surface area contributed by atoms with Gasteiger partial charge < -0.3 is 15.4 Å². The molecule has 0 saturated carbocycles. The van der Waals surface area contributed by atoms with Gasteiger partial charge in [-0.25, -0.2) is 0 Å². The molecule has 0 aliphatic heterocycles. The van der Waals surface area contributed by atoms with Crippen molar-refractivity contribution in [3.8, 4) is 5.75 Å². The summed E-state index contributed by atoms with van der Waals surface area (Å²) in [6.07, 6.45) is 1.93. The molecular formula is C16H16N2O. The van der Waals surface area contributed by atoms with Gasteiger partial charge in [0.2, 0.25) is 0 Å². The number of H-pyrrole nitrogens is 1. The molecule has 3 N–H and O–H groups in total. The first-order valence-corrected chi connectivity index (χ1v) is 6.32. The number of aromatic nitrogens is 1. The molecule has 0 amide bonds. The van der Waals surface area contributed by atoms with Gasteiger partial charge in [0.1, 0.15) is 5.75 Å². The number of phenolic OH excluding ortho intramolecular Hbond substituents is 1. The lowest BCUT2D eigenvalue weighted by atomic mass is 10.1. The van der Waals surface area contributed by atoms with E-state index in [1.54, 1.807) is 0 Å². The van der Waals surface area contributed by atoms with Crippen LogP contribution in [-0.4, -0.2) is 10.1 Å². The zero-order chi connectivity index (χ0) is 13.2. The third kappa shape index (κ3) is 2.27. The van der Waals surface area contributed by atoms with Gasteiger partial charge in [-0.15, -0.1) is 0 Å². The summed E-state index contributed by atoms with van der Waals surface area (Å²) in [5, 5.41) is 14.5. The van der Waals surface area contributed by atoms with Crippen LogP contribution in [-0.2, 0) is 6.54 Å². The third-order valence-corrected chi connectivity index (χ3v) is 3.36. The normalized spacial score (nSPS) is 10.8. The van der Waals surface area contributed by atoms with Crippen LogP contribution in [0.4, 0.5) is 5.69 Å². The monoisotopic (exact) mass is 252 g/mol. The molecule has 0 unspecified atom stereocenters. The third-order valence-electron chi connectivity index (χ3n) is 3.36. The quantitative estimate of drug-likeness (QED) is 0.664. The van der Waals surface area contributed by atoms with Crippen molar-refractivity contribution in [1.82, 2.24) is 4.98 Å². The molecule has 1 heterocycles. The molecule has 3 nitrogen and oxygen atoms in total. The van der Waals surface area contributed by atoms with Crippen molar-refractivity contribution in [3.05, 3.63) is 59.8 Å². The number of anilines is 1. The van der Waals surface area contributed by atoms with Crippen molar-refractivity contribution in [3.63, 3.8) is 0 Å². The summed E-state index contributed by atoms with van der Waals surface area (Å²) in [5.41, 5.74) is 3.99. The lowest BCUT2D eigenvalue weighted by Gasteiger charge is -2.09. The molecule has 0 fully saturated rings. The Hall–Kier alpha value is -2.42. The fourth-order valence-electron chi connectivity index (χ4n) is 2.22. The Bertz CT molecular complexity index is 716. The summed E-state index contributed by atoms with van der Waals surface area (Å²) in [6, 6.07) is 14.0. The van der Waals surface area contributed by atoms with E-state index in [1.807, 2.05) is 49.5 Å². The Balaban J connectivity index is 1.80. The van der Waals surface area contributed by atoms with E-state index < -0.39 is 0 Å². The van der Waals surface area contributed by atoms with E-state index in [9.17, 15) is 5.11 Å². The van der Waals surface area contributed by atoms with Crippen molar-refractivity contribution < 1.29 is 5.11 Å². The highest BCUT2D eigenvalue weighted by Crippen LogP contribution is 2.23. The molecule has 0 saturated heterocycles. The maximum Gasteiger partial charge on any atom is 0.123 e. The molecule has 0 bridgehead atoms. The zero-order valence-corrected chi connectivity index (χ0v) is 10.8. The highest BCUT2D eigenvalue weighted by molar-refractivity contribution is 5.82. The lowest BCUT2D eigenvalue weighted by molar-refractivity contribution is 0.465. The molecule has 19 heavy (non-hydrogen) atoms. The summed E-state index contributed by atoms with van der Waals surface area (Å²) in [7, 11) is 0. The summed E-state index contributed by atoms with van der Waals surface area (Å²) in [4.78, 5) is 3.17. The number of benzene rings is 2. The average Bonchev–Trinajstić information content (AvgIpc) is 2.88. The molecular weight excluding hydrogens is 236 g/mol. The number of aromatic amines is 1. The smallest absolute Gasteiger partial charge is 0.123 e. The largest absolute Gasteiger partial charge is 0.507 e. The molecule has 2 aromatic carbocycles. The molecule has 0 atom stereocenters. The summed E-state index contributed by atoms with van der Waals surface area (Å²) >= 11 is 0. The number of aromatic hydroxyl groups is 1. The van der Waals surface area contributed by atoms with Gasteiger partial charge in [0.05, 0.1) is 0 Å². The summed E-state index contributed by atoms with van der Waals surface area (Å²) in [5.74, 6) is 0.373. The van der Waals surface area contributed by atoms with Gasteiger partial charge in [0.15, 0.2) is 0 Å². The van der Waals surface area contributed by atoms with Crippen LogP contribution in [0.25, 0.3) is 10.9 Å². The second-order valence-corrected chi connectivity index (χ2v) is 4.72. The Labute approximate surface area is 111 Å². The van der Waals surface area contributed by atoms with E-state index in [1.165, 1.54) is 5.39 Å². The van der Waals surface area contributed by atoms with E-state index in [4.69, 9.17) is 0 Å². The first kappa shape index (κ1) is 11.7. The second-order valence-electron chi connectivity index (χ2n) is 4.72. The number of hydrogen-bond acceptors (Lipinski definition) is 2. The zero-order valence-electron chi connectivity index (χ0n) is 10.8. The molecule has 0 aliphatic rings. The van der Waals surface area contributed by atoms with Crippen LogP contribution in [0.15, 0.2) is 48.7 Å². The number of hydrogen-bond donors (Lipinski definition) is 3. The molecule has 0 spiro atoms. The van der Waals surface area contributed by atoms with Crippen LogP contribution in [0.3, 0.4) is 0 Å². The van der Waals surface area contributed by atoms with Gasteiger partial charge >= 0.3 is 0 Å². The summed E-state index contributed by atoms with van der Waals surface area (Å²) in [6.45, 7) is 2.52. The molecule has 96 valence electrons. The highest BCUT2D eigenvalue weighted by Gasteiger charge is 2.03. The summed E-state index contributed by atoms with van der Waals surface area (Å²) < 4.78 is 0. The van der Waals surface area contributed by atoms with Crippen LogP contribution >= 0.6 is 0 Å². The van der Waals surface area contributed by atoms with Crippen LogP contribution in [0.5, 0.6) is 5.75 Å².